The van der Waals surface area contributed by atoms with Gasteiger partial charge in [-0.2, -0.15) is 0 Å². The van der Waals surface area contributed by atoms with E-state index in [9.17, 15) is 0 Å². The molecule has 0 unspecified atom stereocenters. The van der Waals surface area contributed by atoms with Gasteiger partial charge in [0.05, 0.1) is 16.9 Å². The Morgan fingerprint density at radius 2 is 2.27 bits per heavy atom. The third-order valence-electron chi connectivity index (χ3n) is 1.29. The van der Waals surface area contributed by atoms with Crippen LogP contribution in [0.1, 0.15) is 0 Å². The summed E-state index contributed by atoms with van der Waals surface area (Å²) in [6.45, 7) is 0. The molecule has 0 atom stereocenters. The SMILES string of the molecule is Brc1cncc2nc[c]nc12. The summed E-state index contributed by atoms with van der Waals surface area (Å²) in [5.74, 6) is 0. The minimum absolute atomic E-state index is 0.776. The lowest BCUT2D eigenvalue weighted by Crippen LogP contribution is -1.84. The van der Waals surface area contributed by atoms with Crippen LogP contribution in [0.15, 0.2) is 23.1 Å². The van der Waals surface area contributed by atoms with Crippen LogP contribution in [0, 0.1) is 6.20 Å². The molecular formula is C7H3BrN3. The van der Waals surface area contributed by atoms with Gasteiger partial charge in [0.25, 0.3) is 0 Å². The number of rotatable bonds is 0. The van der Waals surface area contributed by atoms with E-state index in [0.29, 0.717) is 0 Å². The zero-order valence-electron chi connectivity index (χ0n) is 5.45. The first-order valence-corrected chi connectivity index (χ1v) is 3.79. The summed E-state index contributed by atoms with van der Waals surface area (Å²) in [4.78, 5) is 12.0. The Labute approximate surface area is 71.6 Å². The van der Waals surface area contributed by atoms with E-state index >= 15 is 0 Å². The first kappa shape index (κ1) is 6.67. The molecule has 2 aromatic rings. The molecule has 0 saturated heterocycles. The molecule has 0 bridgehead atoms. The fourth-order valence-electron chi connectivity index (χ4n) is 0.815. The van der Waals surface area contributed by atoms with E-state index < -0.39 is 0 Å². The first-order chi connectivity index (χ1) is 5.38. The highest BCUT2D eigenvalue weighted by Crippen LogP contribution is 2.16. The second-order valence-electron chi connectivity index (χ2n) is 1.99. The van der Waals surface area contributed by atoms with Gasteiger partial charge in [0.2, 0.25) is 0 Å². The normalized spacial score (nSPS) is 10.3. The summed E-state index contributed by atoms with van der Waals surface area (Å²) in [6.07, 6.45) is 7.53. The average molecular weight is 209 g/mol. The summed E-state index contributed by atoms with van der Waals surface area (Å²) < 4.78 is 0.847. The highest BCUT2D eigenvalue weighted by Gasteiger charge is 1.98. The summed E-state index contributed by atoms with van der Waals surface area (Å²) in [5.41, 5.74) is 1.57. The third kappa shape index (κ3) is 1.09. The minimum atomic E-state index is 0.776. The zero-order valence-corrected chi connectivity index (χ0v) is 7.04. The van der Waals surface area contributed by atoms with Crippen LogP contribution < -0.4 is 0 Å². The highest BCUT2D eigenvalue weighted by atomic mass is 79.9. The molecule has 0 aliphatic carbocycles. The van der Waals surface area contributed by atoms with Gasteiger partial charge >= 0.3 is 0 Å². The fourth-order valence-corrected chi connectivity index (χ4v) is 1.22. The smallest absolute Gasteiger partial charge is 0.109 e. The van der Waals surface area contributed by atoms with Crippen molar-refractivity contribution in [1.82, 2.24) is 15.0 Å². The minimum Gasteiger partial charge on any atom is -0.261 e. The van der Waals surface area contributed by atoms with Gasteiger partial charge in [0.15, 0.2) is 0 Å². The van der Waals surface area contributed by atoms with Crippen LogP contribution in [0.4, 0.5) is 0 Å². The molecule has 0 fully saturated rings. The number of hydrogen-bond donors (Lipinski definition) is 0. The van der Waals surface area contributed by atoms with Crippen LogP contribution in [0.2, 0.25) is 0 Å². The number of halogens is 1. The Bertz CT molecular complexity index is 383. The van der Waals surface area contributed by atoms with Crippen molar-refractivity contribution in [3.8, 4) is 0 Å². The second-order valence-corrected chi connectivity index (χ2v) is 2.84. The van der Waals surface area contributed by atoms with Gasteiger partial charge in [0.1, 0.15) is 17.2 Å². The lowest BCUT2D eigenvalue weighted by molar-refractivity contribution is 1.23. The quantitative estimate of drug-likeness (QED) is 0.661. The molecule has 4 heteroatoms. The van der Waals surface area contributed by atoms with Crippen LogP contribution in [0.3, 0.4) is 0 Å². The molecule has 11 heavy (non-hydrogen) atoms. The van der Waals surface area contributed by atoms with E-state index in [2.05, 4.69) is 37.1 Å². The van der Waals surface area contributed by atoms with Gasteiger partial charge in [-0.3, -0.25) is 9.97 Å². The maximum absolute atomic E-state index is 4.03. The molecular weight excluding hydrogens is 206 g/mol. The topological polar surface area (TPSA) is 38.7 Å². The van der Waals surface area contributed by atoms with Gasteiger partial charge in [0, 0.05) is 6.20 Å². The van der Waals surface area contributed by atoms with Crippen molar-refractivity contribution < 1.29 is 0 Å². The van der Waals surface area contributed by atoms with Crippen molar-refractivity contribution in [1.29, 1.82) is 0 Å². The summed E-state index contributed by atoms with van der Waals surface area (Å²) >= 11 is 3.31. The Kier molecular flexibility index (Phi) is 1.54. The molecule has 0 amide bonds. The van der Waals surface area contributed by atoms with E-state index in [4.69, 9.17) is 0 Å². The molecule has 1 radical (unpaired) electrons. The van der Waals surface area contributed by atoms with Gasteiger partial charge < -0.3 is 0 Å². The second kappa shape index (κ2) is 2.54. The molecule has 0 saturated carbocycles. The predicted octanol–water partition coefficient (Wildman–Crippen LogP) is 1.59. The summed E-state index contributed by atoms with van der Waals surface area (Å²) in [5, 5.41) is 0. The van der Waals surface area contributed by atoms with Crippen molar-refractivity contribution in [2.24, 2.45) is 0 Å². The van der Waals surface area contributed by atoms with Crippen molar-refractivity contribution >= 4 is 27.0 Å². The van der Waals surface area contributed by atoms with E-state index in [1.165, 1.54) is 6.20 Å². The molecule has 2 aromatic heterocycles. The molecule has 0 N–H and O–H groups in total. The number of pyridine rings is 1. The van der Waals surface area contributed by atoms with Crippen molar-refractivity contribution in [3.63, 3.8) is 0 Å². The molecule has 0 aromatic carbocycles. The van der Waals surface area contributed by atoms with Gasteiger partial charge in [-0.15, -0.1) is 0 Å². The van der Waals surface area contributed by atoms with E-state index in [0.717, 1.165) is 15.5 Å². The van der Waals surface area contributed by atoms with Crippen LogP contribution in [0.5, 0.6) is 0 Å². The van der Waals surface area contributed by atoms with Gasteiger partial charge in [-0.25, -0.2) is 4.98 Å². The maximum Gasteiger partial charge on any atom is 0.109 e. The monoisotopic (exact) mass is 208 g/mol. The first-order valence-electron chi connectivity index (χ1n) is 3.00. The average Bonchev–Trinajstić information content (AvgIpc) is 2.06. The number of fused-ring (bicyclic) bond motifs is 1. The van der Waals surface area contributed by atoms with Crippen molar-refractivity contribution in [2.45, 2.75) is 0 Å². The van der Waals surface area contributed by atoms with Crippen LogP contribution in [-0.2, 0) is 0 Å². The molecule has 3 nitrogen and oxygen atoms in total. The van der Waals surface area contributed by atoms with Crippen LogP contribution >= 0.6 is 15.9 Å². The van der Waals surface area contributed by atoms with E-state index in [1.807, 2.05) is 0 Å². The van der Waals surface area contributed by atoms with Crippen LogP contribution in [0.25, 0.3) is 11.0 Å². The number of nitrogens with zero attached hydrogens (tertiary/aromatic N) is 3. The van der Waals surface area contributed by atoms with Gasteiger partial charge in [-0.05, 0) is 15.9 Å². The molecule has 0 spiro atoms. The maximum atomic E-state index is 4.03. The Balaban J connectivity index is 2.91. The van der Waals surface area contributed by atoms with Crippen LogP contribution in [-0.4, -0.2) is 15.0 Å². The standard InChI is InChI=1S/C7H3BrN3/c8-5-3-9-4-6-7(5)11-2-1-10-6/h1,3-4H. The highest BCUT2D eigenvalue weighted by molar-refractivity contribution is 9.10. The zero-order chi connectivity index (χ0) is 7.68. The third-order valence-corrected chi connectivity index (χ3v) is 1.87. The summed E-state index contributed by atoms with van der Waals surface area (Å²) in [7, 11) is 0. The predicted molar refractivity (Wildman–Crippen MR) is 43.9 cm³/mol. The lowest BCUT2D eigenvalue weighted by atomic mass is 10.4. The number of hydrogen-bond acceptors (Lipinski definition) is 3. The fraction of sp³-hybridized carbons (Fsp3) is 0. The molecule has 0 aliphatic heterocycles. The Morgan fingerprint density at radius 1 is 1.36 bits per heavy atom. The van der Waals surface area contributed by atoms with Crippen molar-refractivity contribution in [2.75, 3.05) is 0 Å². The van der Waals surface area contributed by atoms with E-state index in [-0.39, 0.29) is 0 Å². The molecule has 53 valence electrons. The summed E-state index contributed by atoms with van der Waals surface area (Å²) in [6, 6.07) is 0. The lowest BCUT2D eigenvalue weighted by Gasteiger charge is -1.94. The molecule has 0 aliphatic rings. The molecule has 2 rings (SSSR count). The van der Waals surface area contributed by atoms with E-state index in [1.54, 1.807) is 12.4 Å². The number of aromatic nitrogens is 3. The molecule has 2 heterocycles. The largest absolute Gasteiger partial charge is 0.261 e. The Morgan fingerprint density at radius 3 is 3.09 bits per heavy atom. The van der Waals surface area contributed by atoms with Gasteiger partial charge in [-0.1, -0.05) is 0 Å². The Hall–Kier alpha value is -1.03. The van der Waals surface area contributed by atoms with Crippen molar-refractivity contribution in [3.05, 3.63) is 29.3 Å².